The Kier molecular flexibility index (Phi) is 8.84. The van der Waals surface area contributed by atoms with Gasteiger partial charge < -0.3 is 14.8 Å². The van der Waals surface area contributed by atoms with Gasteiger partial charge in [0.1, 0.15) is 0 Å². The highest BCUT2D eigenvalue weighted by Crippen LogP contribution is 2.29. The molecule has 0 spiro atoms. The number of carbonyl (C=O) groups excluding carboxylic acids is 1. The van der Waals surface area contributed by atoms with Gasteiger partial charge in [-0.15, -0.1) is 0 Å². The third-order valence-corrected chi connectivity index (χ3v) is 7.60. The highest BCUT2D eigenvalue weighted by atomic mass is 32.2. The summed E-state index contributed by atoms with van der Waals surface area (Å²) in [6.07, 6.45) is 0.165. The van der Waals surface area contributed by atoms with E-state index in [1.807, 2.05) is 0 Å². The van der Waals surface area contributed by atoms with Crippen LogP contribution in [-0.4, -0.2) is 55.8 Å². The van der Waals surface area contributed by atoms with E-state index < -0.39 is 19.9 Å². The lowest BCUT2D eigenvalue weighted by Crippen LogP contribution is -2.31. The molecule has 0 bridgehead atoms. The minimum atomic E-state index is -3.83. The number of nitrogens with one attached hydrogen (secondary N) is 2. The predicted octanol–water partition coefficient (Wildman–Crippen LogP) is 1.35. The topological polar surface area (TPSA) is 128 Å². The molecule has 0 unspecified atom stereocenters. The molecular weight excluding hydrogens is 444 g/mol. The maximum atomic E-state index is 12.4. The fraction of sp³-hybridized carbons (Fsp3) is 0.350. The Morgan fingerprint density at radius 3 is 2.19 bits per heavy atom. The Hall–Kier alpha value is -2.63. The summed E-state index contributed by atoms with van der Waals surface area (Å²) in [7, 11) is -4.39. The molecule has 11 heteroatoms. The van der Waals surface area contributed by atoms with E-state index in [0.29, 0.717) is 5.75 Å². The molecule has 0 aliphatic heterocycles. The highest BCUT2D eigenvalue weighted by Gasteiger charge is 2.17. The lowest BCUT2D eigenvalue weighted by molar-refractivity contribution is -0.120. The van der Waals surface area contributed by atoms with Gasteiger partial charge in [-0.3, -0.25) is 4.79 Å². The van der Waals surface area contributed by atoms with Gasteiger partial charge in [0, 0.05) is 25.6 Å². The van der Waals surface area contributed by atoms with Crippen molar-refractivity contribution in [2.75, 3.05) is 33.1 Å². The van der Waals surface area contributed by atoms with Gasteiger partial charge in [-0.1, -0.05) is 18.2 Å². The van der Waals surface area contributed by atoms with Crippen LogP contribution in [0.5, 0.6) is 11.5 Å². The second-order valence-electron chi connectivity index (χ2n) is 6.50. The number of amides is 1. The summed E-state index contributed by atoms with van der Waals surface area (Å²) in [5.74, 6) is 0.194. The molecule has 0 aliphatic carbocycles. The molecule has 2 rings (SSSR count). The van der Waals surface area contributed by atoms with Crippen LogP contribution in [0.1, 0.15) is 12.8 Å². The van der Waals surface area contributed by atoms with Crippen molar-refractivity contribution < 1.29 is 31.1 Å². The molecule has 2 aromatic carbocycles. The molecule has 0 atom stereocenters. The molecule has 0 radical (unpaired) electrons. The monoisotopic (exact) mass is 470 g/mol. The van der Waals surface area contributed by atoms with Crippen molar-refractivity contribution in [3.05, 3.63) is 48.5 Å². The fourth-order valence-electron chi connectivity index (χ4n) is 2.69. The average Bonchev–Trinajstić information content (AvgIpc) is 2.76. The normalized spacial score (nSPS) is 11.7. The minimum Gasteiger partial charge on any atom is -0.493 e. The van der Waals surface area contributed by atoms with E-state index in [1.54, 1.807) is 18.2 Å². The van der Waals surface area contributed by atoms with Gasteiger partial charge in [-0.25, -0.2) is 21.6 Å². The highest BCUT2D eigenvalue weighted by molar-refractivity contribution is 7.91. The van der Waals surface area contributed by atoms with Gasteiger partial charge >= 0.3 is 0 Å². The number of sulfonamides is 1. The molecule has 9 nitrogen and oxygen atoms in total. The molecule has 0 aliphatic rings. The molecule has 0 saturated carbocycles. The SMILES string of the molecule is COc1ccc(S(=O)(=O)NCCC(=O)NCCCS(=O)(=O)c2ccccc2)cc1OC. The van der Waals surface area contributed by atoms with E-state index >= 15 is 0 Å². The quantitative estimate of drug-likeness (QED) is 0.448. The van der Waals surface area contributed by atoms with Crippen LogP contribution < -0.4 is 19.5 Å². The summed E-state index contributed by atoms with van der Waals surface area (Å²) in [5.41, 5.74) is 0. The molecule has 0 saturated heterocycles. The summed E-state index contributed by atoms with van der Waals surface area (Å²) in [6, 6.07) is 12.3. The van der Waals surface area contributed by atoms with Gasteiger partial charge in [0.05, 0.1) is 29.8 Å². The molecule has 31 heavy (non-hydrogen) atoms. The summed E-state index contributed by atoms with van der Waals surface area (Å²) < 4.78 is 61.6. The van der Waals surface area contributed by atoms with Crippen LogP contribution in [-0.2, 0) is 24.7 Å². The molecule has 0 heterocycles. The van der Waals surface area contributed by atoms with Gasteiger partial charge in [0.15, 0.2) is 21.3 Å². The number of carbonyl (C=O) groups is 1. The van der Waals surface area contributed by atoms with Crippen LogP contribution in [0.15, 0.2) is 58.3 Å². The summed E-state index contributed by atoms with van der Waals surface area (Å²) >= 11 is 0. The van der Waals surface area contributed by atoms with Gasteiger partial charge in [-0.05, 0) is 30.7 Å². The van der Waals surface area contributed by atoms with Crippen molar-refractivity contribution in [1.82, 2.24) is 10.0 Å². The van der Waals surface area contributed by atoms with Crippen molar-refractivity contribution in [3.63, 3.8) is 0 Å². The first-order valence-electron chi connectivity index (χ1n) is 9.46. The minimum absolute atomic E-state index is 0.0170. The van der Waals surface area contributed by atoms with Crippen LogP contribution in [0.3, 0.4) is 0 Å². The summed E-state index contributed by atoms with van der Waals surface area (Å²) in [6.45, 7) is 0.0676. The number of rotatable bonds is 12. The predicted molar refractivity (Wildman–Crippen MR) is 115 cm³/mol. The van der Waals surface area contributed by atoms with Crippen LogP contribution in [0, 0.1) is 0 Å². The third kappa shape index (κ3) is 7.23. The number of benzene rings is 2. The molecule has 0 fully saturated rings. The average molecular weight is 471 g/mol. The van der Waals surface area contributed by atoms with E-state index in [0.717, 1.165) is 0 Å². The second-order valence-corrected chi connectivity index (χ2v) is 10.4. The Balaban J connectivity index is 1.76. The van der Waals surface area contributed by atoms with E-state index in [9.17, 15) is 21.6 Å². The largest absolute Gasteiger partial charge is 0.493 e. The summed E-state index contributed by atoms with van der Waals surface area (Å²) in [4.78, 5) is 12.1. The first-order chi connectivity index (χ1) is 14.7. The molecule has 1 amide bonds. The Morgan fingerprint density at radius 1 is 0.871 bits per heavy atom. The first kappa shape index (κ1) is 24.6. The van der Waals surface area contributed by atoms with Crippen LogP contribution in [0.4, 0.5) is 0 Å². The number of ether oxygens (including phenoxy) is 2. The van der Waals surface area contributed by atoms with Gasteiger partial charge in [0.25, 0.3) is 0 Å². The lowest BCUT2D eigenvalue weighted by atomic mass is 10.3. The van der Waals surface area contributed by atoms with Crippen LogP contribution in [0.2, 0.25) is 0 Å². The number of sulfone groups is 1. The lowest BCUT2D eigenvalue weighted by Gasteiger charge is -2.11. The van der Waals surface area contributed by atoms with Gasteiger partial charge in [-0.2, -0.15) is 0 Å². The number of hydrogen-bond donors (Lipinski definition) is 2. The zero-order valence-corrected chi connectivity index (χ0v) is 19.0. The standard InChI is InChI=1S/C20H26N2O7S2/c1-28-18-10-9-17(15-19(18)29-2)31(26,27)22-13-11-20(23)21-12-6-14-30(24,25)16-7-4-3-5-8-16/h3-5,7-10,15,22H,6,11-14H2,1-2H3,(H,21,23). The zero-order valence-electron chi connectivity index (χ0n) is 17.3. The zero-order chi connectivity index (χ0) is 22.9. The number of hydrogen-bond acceptors (Lipinski definition) is 7. The first-order valence-corrected chi connectivity index (χ1v) is 12.6. The Labute approximate surface area is 182 Å². The maximum Gasteiger partial charge on any atom is 0.240 e. The molecule has 2 N–H and O–H groups in total. The molecule has 0 aromatic heterocycles. The fourth-order valence-corrected chi connectivity index (χ4v) is 5.07. The second kappa shape index (κ2) is 11.1. The van der Waals surface area contributed by atoms with Crippen molar-refractivity contribution >= 4 is 25.8 Å². The summed E-state index contributed by atoms with van der Waals surface area (Å²) in [5, 5.41) is 2.59. The number of methoxy groups -OCH3 is 2. The smallest absolute Gasteiger partial charge is 0.240 e. The Morgan fingerprint density at radius 2 is 1.55 bits per heavy atom. The molecule has 2 aromatic rings. The maximum absolute atomic E-state index is 12.4. The van der Waals surface area contributed by atoms with Gasteiger partial charge in [0.2, 0.25) is 15.9 Å². The third-order valence-electron chi connectivity index (χ3n) is 4.32. The molecular formula is C20H26N2O7S2. The van der Waals surface area contributed by atoms with Crippen LogP contribution >= 0.6 is 0 Å². The Bertz CT molecular complexity index is 1090. The van der Waals surface area contributed by atoms with Crippen molar-refractivity contribution in [1.29, 1.82) is 0 Å². The van der Waals surface area contributed by atoms with E-state index in [4.69, 9.17) is 9.47 Å². The van der Waals surface area contributed by atoms with Crippen molar-refractivity contribution in [3.8, 4) is 11.5 Å². The van der Waals surface area contributed by atoms with E-state index in [2.05, 4.69) is 10.0 Å². The van der Waals surface area contributed by atoms with Crippen molar-refractivity contribution in [2.45, 2.75) is 22.6 Å². The van der Waals surface area contributed by atoms with Crippen LogP contribution in [0.25, 0.3) is 0 Å². The molecule has 170 valence electrons. The van der Waals surface area contributed by atoms with Crippen molar-refractivity contribution in [2.24, 2.45) is 0 Å². The van der Waals surface area contributed by atoms with E-state index in [1.165, 1.54) is 44.6 Å². The van der Waals surface area contributed by atoms with E-state index in [-0.39, 0.29) is 53.1 Å².